The van der Waals surface area contributed by atoms with Crippen LogP contribution >= 0.6 is 24.0 Å². The zero-order valence-corrected chi connectivity index (χ0v) is 19.4. The highest BCUT2D eigenvalue weighted by atomic mass is 127. The van der Waals surface area contributed by atoms with E-state index in [4.69, 9.17) is 9.47 Å². The molecule has 0 aliphatic heterocycles. The van der Waals surface area contributed by atoms with Crippen molar-refractivity contribution in [1.82, 2.24) is 15.6 Å². The molecule has 1 fully saturated rings. The minimum Gasteiger partial charge on any atom is -0.477 e. The van der Waals surface area contributed by atoms with Crippen LogP contribution in [0.15, 0.2) is 23.3 Å². The molecule has 1 atom stereocenters. The standard InChI is InChI=1S/C20H34N4O2.HI/c1-5-25-18(15(2)3)10-11-22-20(21-4)24-13-17-8-9-19(23-12-17)26-14-16-6-7-16;/h8-9,12,15-16,18H,5-7,10-11,13-14H2,1-4H3,(H2,21,22,24);1H. The molecule has 2 rings (SSSR count). The van der Waals surface area contributed by atoms with Crippen LogP contribution in [0.3, 0.4) is 0 Å². The van der Waals surface area contributed by atoms with Crippen molar-refractivity contribution in [2.45, 2.75) is 52.7 Å². The van der Waals surface area contributed by atoms with Gasteiger partial charge in [0.05, 0.1) is 12.7 Å². The molecule has 0 radical (unpaired) electrons. The third kappa shape index (κ3) is 9.60. The van der Waals surface area contributed by atoms with Crippen molar-refractivity contribution < 1.29 is 9.47 Å². The molecule has 6 nitrogen and oxygen atoms in total. The van der Waals surface area contributed by atoms with Gasteiger partial charge < -0.3 is 20.1 Å². The molecule has 1 aliphatic rings. The van der Waals surface area contributed by atoms with Crippen molar-refractivity contribution in [3.8, 4) is 5.88 Å². The summed E-state index contributed by atoms with van der Waals surface area (Å²) < 4.78 is 11.4. The van der Waals surface area contributed by atoms with Crippen LogP contribution in [0.5, 0.6) is 5.88 Å². The van der Waals surface area contributed by atoms with Gasteiger partial charge in [0.15, 0.2) is 5.96 Å². The number of aromatic nitrogens is 1. The molecular formula is C20H35IN4O2. The number of nitrogens with zero attached hydrogens (tertiary/aromatic N) is 2. The zero-order chi connectivity index (χ0) is 18.8. The third-order valence-corrected chi connectivity index (χ3v) is 4.49. The summed E-state index contributed by atoms with van der Waals surface area (Å²) in [6.45, 7) is 9.48. The molecule has 7 heteroatoms. The maximum Gasteiger partial charge on any atom is 0.213 e. The average Bonchev–Trinajstić information content (AvgIpc) is 3.47. The molecule has 1 aromatic heterocycles. The van der Waals surface area contributed by atoms with Gasteiger partial charge in [0.1, 0.15) is 0 Å². The first-order valence-electron chi connectivity index (χ1n) is 9.76. The lowest BCUT2D eigenvalue weighted by Gasteiger charge is -2.21. The SMILES string of the molecule is CCOC(CCNC(=NC)NCc1ccc(OCC2CC2)nc1)C(C)C.I. The predicted molar refractivity (Wildman–Crippen MR) is 121 cm³/mol. The van der Waals surface area contributed by atoms with E-state index in [0.717, 1.165) is 43.6 Å². The van der Waals surface area contributed by atoms with Crippen LogP contribution < -0.4 is 15.4 Å². The molecule has 1 aromatic rings. The third-order valence-electron chi connectivity index (χ3n) is 4.49. The van der Waals surface area contributed by atoms with Crippen LogP contribution in [0.1, 0.15) is 45.6 Å². The van der Waals surface area contributed by atoms with Crippen molar-refractivity contribution in [3.63, 3.8) is 0 Å². The second-order valence-corrected chi connectivity index (χ2v) is 7.14. The summed E-state index contributed by atoms with van der Waals surface area (Å²) in [6.07, 6.45) is 5.67. The zero-order valence-electron chi connectivity index (χ0n) is 17.0. The van der Waals surface area contributed by atoms with Gasteiger partial charge in [-0.25, -0.2) is 4.98 Å². The fourth-order valence-corrected chi connectivity index (χ4v) is 2.65. The first kappa shape index (κ1) is 23.9. The molecule has 0 spiro atoms. The second-order valence-electron chi connectivity index (χ2n) is 7.14. The van der Waals surface area contributed by atoms with Crippen LogP contribution in [0.4, 0.5) is 0 Å². The summed E-state index contributed by atoms with van der Waals surface area (Å²) in [7, 11) is 1.78. The quantitative estimate of drug-likeness (QED) is 0.282. The Morgan fingerprint density at radius 3 is 2.63 bits per heavy atom. The Labute approximate surface area is 180 Å². The molecule has 1 saturated carbocycles. The highest BCUT2D eigenvalue weighted by Crippen LogP contribution is 2.29. The molecular weight excluding hydrogens is 455 g/mol. The van der Waals surface area contributed by atoms with Gasteiger partial charge in [0.25, 0.3) is 0 Å². The van der Waals surface area contributed by atoms with Gasteiger partial charge in [0, 0.05) is 39.0 Å². The predicted octanol–water partition coefficient (Wildman–Crippen LogP) is 3.60. The largest absolute Gasteiger partial charge is 0.477 e. The van der Waals surface area contributed by atoms with E-state index in [1.807, 2.05) is 25.3 Å². The monoisotopic (exact) mass is 490 g/mol. The highest BCUT2D eigenvalue weighted by Gasteiger charge is 2.22. The average molecular weight is 490 g/mol. The van der Waals surface area contributed by atoms with E-state index in [0.29, 0.717) is 18.3 Å². The number of hydrogen-bond acceptors (Lipinski definition) is 4. The lowest BCUT2D eigenvalue weighted by Crippen LogP contribution is -2.38. The number of aliphatic imine (C=N–C) groups is 1. The Morgan fingerprint density at radius 2 is 2.07 bits per heavy atom. The lowest BCUT2D eigenvalue weighted by molar-refractivity contribution is 0.0258. The summed E-state index contributed by atoms with van der Waals surface area (Å²) in [6, 6.07) is 3.98. The molecule has 0 saturated heterocycles. The second kappa shape index (κ2) is 13.1. The lowest BCUT2D eigenvalue weighted by atomic mass is 10.0. The van der Waals surface area contributed by atoms with Gasteiger partial charge in [-0.15, -0.1) is 24.0 Å². The van der Waals surface area contributed by atoms with Crippen LogP contribution in [0.25, 0.3) is 0 Å². The Kier molecular flexibility index (Phi) is 11.7. The van der Waals surface area contributed by atoms with Crippen molar-refractivity contribution in [3.05, 3.63) is 23.9 Å². The van der Waals surface area contributed by atoms with E-state index in [1.54, 1.807) is 7.05 Å². The molecule has 1 heterocycles. The van der Waals surface area contributed by atoms with E-state index >= 15 is 0 Å². The van der Waals surface area contributed by atoms with E-state index in [-0.39, 0.29) is 30.1 Å². The normalized spacial score (nSPS) is 15.2. The summed E-state index contributed by atoms with van der Waals surface area (Å²) in [5.41, 5.74) is 1.10. The first-order valence-corrected chi connectivity index (χ1v) is 9.76. The molecule has 2 N–H and O–H groups in total. The highest BCUT2D eigenvalue weighted by molar-refractivity contribution is 14.0. The molecule has 0 bridgehead atoms. The number of nitrogens with one attached hydrogen (secondary N) is 2. The Hall–Kier alpha value is -1.09. The van der Waals surface area contributed by atoms with Gasteiger partial charge in [-0.1, -0.05) is 19.9 Å². The smallest absolute Gasteiger partial charge is 0.213 e. The molecule has 154 valence electrons. The van der Waals surface area contributed by atoms with Gasteiger partial charge >= 0.3 is 0 Å². The molecule has 0 amide bonds. The van der Waals surface area contributed by atoms with E-state index < -0.39 is 0 Å². The van der Waals surface area contributed by atoms with Gasteiger partial charge in [-0.3, -0.25) is 4.99 Å². The van der Waals surface area contributed by atoms with E-state index in [1.165, 1.54) is 12.8 Å². The molecule has 27 heavy (non-hydrogen) atoms. The Morgan fingerprint density at radius 1 is 1.30 bits per heavy atom. The Balaban J connectivity index is 0.00000364. The van der Waals surface area contributed by atoms with Gasteiger partial charge in [0.2, 0.25) is 5.88 Å². The Bertz CT molecular complexity index is 547. The van der Waals surface area contributed by atoms with Crippen molar-refractivity contribution in [2.75, 3.05) is 26.8 Å². The number of pyridine rings is 1. The number of rotatable bonds is 11. The molecule has 0 aromatic carbocycles. The minimum absolute atomic E-state index is 0. The minimum atomic E-state index is 0. The summed E-state index contributed by atoms with van der Waals surface area (Å²) in [4.78, 5) is 8.64. The van der Waals surface area contributed by atoms with Crippen LogP contribution in [0, 0.1) is 11.8 Å². The molecule has 1 aliphatic carbocycles. The maximum absolute atomic E-state index is 5.78. The van der Waals surface area contributed by atoms with Crippen molar-refractivity contribution in [1.29, 1.82) is 0 Å². The topological polar surface area (TPSA) is 67.8 Å². The summed E-state index contributed by atoms with van der Waals surface area (Å²) in [5.74, 6) is 2.75. The van der Waals surface area contributed by atoms with Crippen molar-refractivity contribution >= 4 is 29.9 Å². The van der Waals surface area contributed by atoms with E-state index in [9.17, 15) is 0 Å². The maximum atomic E-state index is 5.78. The van der Waals surface area contributed by atoms with Crippen LogP contribution in [-0.2, 0) is 11.3 Å². The fourth-order valence-electron chi connectivity index (χ4n) is 2.65. The summed E-state index contributed by atoms with van der Waals surface area (Å²) >= 11 is 0. The first-order chi connectivity index (χ1) is 12.6. The van der Waals surface area contributed by atoms with E-state index in [2.05, 4.69) is 34.5 Å². The van der Waals surface area contributed by atoms with Crippen LogP contribution in [0.2, 0.25) is 0 Å². The molecule has 1 unspecified atom stereocenters. The number of halogens is 1. The van der Waals surface area contributed by atoms with Crippen LogP contribution in [-0.4, -0.2) is 43.9 Å². The van der Waals surface area contributed by atoms with Crippen molar-refractivity contribution in [2.24, 2.45) is 16.8 Å². The van der Waals surface area contributed by atoms with Gasteiger partial charge in [-0.05, 0) is 43.6 Å². The summed E-state index contributed by atoms with van der Waals surface area (Å²) in [5, 5.41) is 6.67. The van der Waals surface area contributed by atoms with Gasteiger partial charge in [-0.2, -0.15) is 0 Å². The number of ether oxygens (including phenoxy) is 2. The fraction of sp³-hybridized carbons (Fsp3) is 0.700. The number of hydrogen-bond donors (Lipinski definition) is 2. The number of guanidine groups is 1.